The highest BCUT2D eigenvalue weighted by Gasteiger charge is 2.19. The molecule has 0 fully saturated rings. The van der Waals surface area contributed by atoms with E-state index in [4.69, 9.17) is 5.11 Å². The number of aromatic hydroxyl groups is 1. The molecule has 6 nitrogen and oxygen atoms in total. The lowest BCUT2D eigenvalue weighted by molar-refractivity contribution is 0.0697. The number of rotatable bonds is 4. The molecule has 2 aromatic rings. The SMILES string of the molecule is O=NN(c1ccccc1O)c1ccccc1C(=O)O. The molecular weight excluding hydrogens is 248 g/mol. The number of phenolic OH excluding ortho intramolecular Hbond substituents is 1. The average Bonchev–Trinajstić information content (AvgIpc) is 2.42. The van der Waals surface area contributed by atoms with Crippen LogP contribution in [0.15, 0.2) is 53.8 Å². The molecule has 0 amide bonds. The predicted octanol–water partition coefficient (Wildman–Crippen LogP) is 2.91. The number of benzene rings is 2. The van der Waals surface area contributed by atoms with E-state index in [0.717, 1.165) is 5.01 Å². The number of nitrogens with zero attached hydrogens (tertiary/aromatic N) is 2. The Bertz CT molecular complexity index is 628. The lowest BCUT2D eigenvalue weighted by atomic mass is 10.1. The molecule has 0 spiro atoms. The number of carboxylic acid groups (broad SMARTS) is 1. The Morgan fingerprint density at radius 1 is 1.00 bits per heavy atom. The maximum Gasteiger partial charge on any atom is 0.337 e. The van der Waals surface area contributed by atoms with Crippen molar-refractivity contribution in [3.63, 3.8) is 0 Å². The fraction of sp³-hybridized carbons (Fsp3) is 0. The van der Waals surface area contributed by atoms with Gasteiger partial charge in [-0.2, -0.15) is 5.01 Å². The molecule has 2 aromatic carbocycles. The number of nitroso groups, excluding NO2 is 1. The van der Waals surface area contributed by atoms with Crippen molar-refractivity contribution in [2.75, 3.05) is 5.01 Å². The molecule has 0 unspecified atom stereocenters. The maximum absolute atomic E-state index is 11.1. The lowest BCUT2D eigenvalue weighted by Gasteiger charge is -2.18. The molecule has 0 aromatic heterocycles. The monoisotopic (exact) mass is 258 g/mol. The van der Waals surface area contributed by atoms with Gasteiger partial charge in [0.15, 0.2) is 0 Å². The third-order valence-corrected chi connectivity index (χ3v) is 2.55. The van der Waals surface area contributed by atoms with E-state index in [1.165, 1.54) is 24.3 Å². The zero-order valence-corrected chi connectivity index (χ0v) is 9.72. The van der Waals surface area contributed by atoms with Crippen LogP contribution in [0.1, 0.15) is 10.4 Å². The van der Waals surface area contributed by atoms with Crippen molar-refractivity contribution >= 4 is 17.3 Å². The summed E-state index contributed by atoms with van der Waals surface area (Å²) in [6.07, 6.45) is 0. The number of phenols is 1. The molecule has 19 heavy (non-hydrogen) atoms. The van der Waals surface area contributed by atoms with Crippen molar-refractivity contribution in [1.82, 2.24) is 0 Å². The molecule has 96 valence electrons. The van der Waals surface area contributed by atoms with Gasteiger partial charge in [0.25, 0.3) is 0 Å². The first-order valence-corrected chi connectivity index (χ1v) is 5.39. The molecule has 0 aliphatic rings. The van der Waals surface area contributed by atoms with Crippen molar-refractivity contribution in [3.8, 4) is 5.75 Å². The van der Waals surface area contributed by atoms with E-state index in [1.807, 2.05) is 0 Å². The topological polar surface area (TPSA) is 90.2 Å². The molecule has 0 bridgehead atoms. The highest BCUT2D eigenvalue weighted by atomic mass is 16.4. The van der Waals surface area contributed by atoms with Crippen LogP contribution in [-0.2, 0) is 0 Å². The third-order valence-electron chi connectivity index (χ3n) is 2.55. The van der Waals surface area contributed by atoms with Gasteiger partial charge in [0.2, 0.25) is 0 Å². The van der Waals surface area contributed by atoms with E-state index in [9.17, 15) is 14.8 Å². The predicted molar refractivity (Wildman–Crippen MR) is 69.4 cm³/mol. The Hall–Kier alpha value is -2.89. The summed E-state index contributed by atoms with van der Waals surface area (Å²) in [5, 5.41) is 22.4. The Morgan fingerprint density at radius 3 is 2.16 bits per heavy atom. The van der Waals surface area contributed by atoms with Crippen molar-refractivity contribution in [3.05, 3.63) is 59.0 Å². The molecular formula is C13H10N2O4. The van der Waals surface area contributed by atoms with Gasteiger partial charge in [-0.1, -0.05) is 24.3 Å². The van der Waals surface area contributed by atoms with E-state index in [0.29, 0.717) is 0 Å². The highest BCUT2D eigenvalue weighted by molar-refractivity contribution is 5.95. The summed E-state index contributed by atoms with van der Waals surface area (Å²) in [7, 11) is 0. The summed E-state index contributed by atoms with van der Waals surface area (Å²) < 4.78 is 0. The van der Waals surface area contributed by atoms with Crippen molar-refractivity contribution < 1.29 is 15.0 Å². The first kappa shape index (κ1) is 12.6. The average molecular weight is 258 g/mol. The first-order valence-electron chi connectivity index (χ1n) is 5.39. The van der Waals surface area contributed by atoms with E-state index in [-0.39, 0.29) is 22.7 Å². The number of hydrogen-bond acceptors (Lipinski definition) is 4. The minimum atomic E-state index is -1.18. The van der Waals surface area contributed by atoms with Gasteiger partial charge in [0.1, 0.15) is 11.4 Å². The Kier molecular flexibility index (Phi) is 3.42. The molecule has 2 rings (SSSR count). The fourth-order valence-electron chi connectivity index (χ4n) is 1.70. The van der Waals surface area contributed by atoms with E-state index in [1.54, 1.807) is 24.3 Å². The summed E-state index contributed by atoms with van der Waals surface area (Å²) >= 11 is 0. The number of para-hydroxylation sites is 3. The van der Waals surface area contributed by atoms with Crippen LogP contribution in [0.3, 0.4) is 0 Å². The molecule has 0 saturated heterocycles. The molecule has 0 heterocycles. The van der Waals surface area contributed by atoms with Gasteiger partial charge < -0.3 is 10.2 Å². The molecule has 0 atom stereocenters. The zero-order valence-electron chi connectivity index (χ0n) is 9.72. The van der Waals surface area contributed by atoms with Gasteiger partial charge in [-0.05, 0) is 24.3 Å². The largest absolute Gasteiger partial charge is 0.506 e. The Morgan fingerprint density at radius 2 is 1.58 bits per heavy atom. The minimum absolute atomic E-state index is 0.0784. The summed E-state index contributed by atoms with van der Waals surface area (Å²) in [5.74, 6) is -1.35. The number of aromatic carboxylic acids is 1. The Labute approximate surface area is 108 Å². The number of hydrogen-bond donors (Lipinski definition) is 2. The van der Waals surface area contributed by atoms with Gasteiger partial charge in [0.05, 0.1) is 16.5 Å². The summed E-state index contributed by atoms with van der Waals surface area (Å²) in [4.78, 5) is 22.1. The van der Waals surface area contributed by atoms with Gasteiger partial charge in [-0.3, -0.25) is 0 Å². The highest BCUT2D eigenvalue weighted by Crippen LogP contribution is 2.34. The van der Waals surface area contributed by atoms with Crippen LogP contribution >= 0.6 is 0 Å². The quantitative estimate of drug-likeness (QED) is 0.650. The van der Waals surface area contributed by atoms with Gasteiger partial charge in [0, 0.05) is 0 Å². The fourth-order valence-corrected chi connectivity index (χ4v) is 1.70. The minimum Gasteiger partial charge on any atom is -0.506 e. The van der Waals surface area contributed by atoms with Crippen LogP contribution in [0.4, 0.5) is 11.4 Å². The van der Waals surface area contributed by atoms with Gasteiger partial charge >= 0.3 is 5.97 Å². The summed E-state index contributed by atoms with van der Waals surface area (Å²) in [5.41, 5.74) is 0.128. The van der Waals surface area contributed by atoms with Gasteiger partial charge in [-0.25, -0.2) is 4.79 Å². The smallest absolute Gasteiger partial charge is 0.337 e. The van der Waals surface area contributed by atoms with Crippen LogP contribution < -0.4 is 5.01 Å². The second kappa shape index (κ2) is 5.18. The van der Waals surface area contributed by atoms with E-state index >= 15 is 0 Å². The van der Waals surface area contributed by atoms with Crippen molar-refractivity contribution in [2.24, 2.45) is 5.29 Å². The van der Waals surface area contributed by atoms with Crippen LogP contribution in [0.25, 0.3) is 0 Å². The van der Waals surface area contributed by atoms with E-state index < -0.39 is 5.97 Å². The van der Waals surface area contributed by atoms with Crippen LogP contribution in [-0.4, -0.2) is 16.2 Å². The standard InChI is InChI=1S/C13H10N2O4/c16-12-8-4-3-7-11(12)15(14-19)10-6-2-1-5-9(10)13(17)18/h1-8,16H,(H,17,18). The van der Waals surface area contributed by atoms with Crippen LogP contribution in [0.5, 0.6) is 5.75 Å². The lowest BCUT2D eigenvalue weighted by Crippen LogP contribution is -2.12. The van der Waals surface area contributed by atoms with E-state index in [2.05, 4.69) is 5.29 Å². The first-order chi connectivity index (χ1) is 9.15. The second-order valence-corrected chi connectivity index (χ2v) is 3.70. The number of carbonyl (C=O) groups is 1. The maximum atomic E-state index is 11.1. The Balaban J connectivity index is 2.58. The van der Waals surface area contributed by atoms with Gasteiger partial charge in [-0.15, -0.1) is 4.91 Å². The molecule has 2 N–H and O–H groups in total. The normalized spacial score (nSPS) is 9.89. The van der Waals surface area contributed by atoms with Crippen LogP contribution in [0, 0.1) is 4.91 Å². The summed E-state index contributed by atoms with van der Waals surface area (Å²) in [6, 6.07) is 12.0. The molecule has 0 aliphatic heterocycles. The van der Waals surface area contributed by atoms with Crippen molar-refractivity contribution in [1.29, 1.82) is 0 Å². The third kappa shape index (κ3) is 2.37. The zero-order chi connectivity index (χ0) is 13.8. The molecule has 6 heteroatoms. The summed E-state index contributed by atoms with van der Waals surface area (Å²) in [6.45, 7) is 0. The molecule has 0 aliphatic carbocycles. The molecule has 0 saturated carbocycles. The number of anilines is 2. The molecule has 0 radical (unpaired) electrons. The van der Waals surface area contributed by atoms with Crippen molar-refractivity contribution in [2.45, 2.75) is 0 Å². The second-order valence-electron chi connectivity index (χ2n) is 3.70. The van der Waals surface area contributed by atoms with Crippen LogP contribution in [0.2, 0.25) is 0 Å². The number of carboxylic acids is 1.